The summed E-state index contributed by atoms with van der Waals surface area (Å²) in [6.45, 7) is 9.01. The van der Waals surface area contributed by atoms with Crippen LogP contribution in [0.5, 0.6) is 11.8 Å². The number of carbonyl (C=O) groups is 1. The highest BCUT2D eigenvalue weighted by Crippen LogP contribution is 2.36. The first kappa shape index (κ1) is 28.1. The second-order valence-electron chi connectivity index (χ2n) is 10.9. The van der Waals surface area contributed by atoms with E-state index in [2.05, 4.69) is 69.4 Å². The Bertz CT molecular complexity index is 1470. The maximum absolute atomic E-state index is 12.6. The van der Waals surface area contributed by atoms with E-state index >= 15 is 0 Å². The lowest BCUT2D eigenvalue weighted by atomic mass is 10.0. The number of piperidine rings is 1. The minimum atomic E-state index is -0.515. The van der Waals surface area contributed by atoms with Crippen LogP contribution in [0.25, 0.3) is 22.6 Å². The fourth-order valence-electron chi connectivity index (χ4n) is 4.82. The van der Waals surface area contributed by atoms with E-state index in [1.54, 1.807) is 11.1 Å². The predicted octanol–water partition coefficient (Wildman–Crippen LogP) is 7.54. The van der Waals surface area contributed by atoms with Gasteiger partial charge in [0.25, 0.3) is 0 Å². The lowest BCUT2D eigenvalue weighted by Gasteiger charge is -2.34. The Labute approximate surface area is 248 Å². The number of rotatable bonds is 6. The van der Waals surface area contributed by atoms with Gasteiger partial charge in [-0.2, -0.15) is 4.98 Å². The van der Waals surface area contributed by atoms with E-state index in [0.717, 1.165) is 45.5 Å². The summed E-state index contributed by atoms with van der Waals surface area (Å²) in [5, 5.41) is 0. The van der Waals surface area contributed by atoms with Crippen LogP contribution in [0.1, 0.15) is 52.1 Å². The number of benzene rings is 2. The standard InChI is InChI=1S/C31H34IN5O3/c1-5-21-7-6-8-25(19-21)39-29-33-16-13-26(35-29)28-27(22-9-11-23(32)12-10-22)34-20-37(28)24-14-17-36(18-15-24)30(38)40-31(2,3)4/h6-13,16,19-20,24H,5,14-15,17-18H2,1-4H3. The van der Waals surface area contributed by atoms with Gasteiger partial charge >= 0.3 is 12.1 Å². The molecular weight excluding hydrogens is 617 g/mol. The molecule has 40 heavy (non-hydrogen) atoms. The predicted molar refractivity (Wildman–Crippen MR) is 163 cm³/mol. The Morgan fingerprint density at radius 3 is 2.50 bits per heavy atom. The van der Waals surface area contributed by atoms with E-state index in [9.17, 15) is 4.79 Å². The summed E-state index contributed by atoms with van der Waals surface area (Å²) in [6.07, 6.45) is 5.84. The fraction of sp³-hybridized carbons (Fsp3) is 0.355. The third kappa shape index (κ3) is 6.63. The summed E-state index contributed by atoms with van der Waals surface area (Å²) in [7, 11) is 0. The smallest absolute Gasteiger partial charge is 0.410 e. The van der Waals surface area contributed by atoms with Crippen LogP contribution in [-0.4, -0.2) is 49.2 Å². The van der Waals surface area contributed by atoms with Crippen LogP contribution >= 0.6 is 22.6 Å². The zero-order valence-electron chi connectivity index (χ0n) is 23.3. The number of nitrogens with zero attached hydrogens (tertiary/aromatic N) is 5. The quantitative estimate of drug-likeness (QED) is 0.201. The second kappa shape index (κ2) is 12.0. The first-order chi connectivity index (χ1) is 19.2. The molecule has 0 N–H and O–H groups in total. The molecule has 1 amide bonds. The Hall–Kier alpha value is -3.47. The number of ether oxygens (including phenoxy) is 2. The number of imidazole rings is 1. The molecule has 5 rings (SSSR count). The van der Waals surface area contributed by atoms with Gasteiger partial charge in [0.15, 0.2) is 0 Å². The van der Waals surface area contributed by atoms with E-state index < -0.39 is 5.60 Å². The second-order valence-corrected chi connectivity index (χ2v) is 12.1. The molecule has 0 saturated carbocycles. The monoisotopic (exact) mass is 651 g/mol. The van der Waals surface area contributed by atoms with Crippen LogP contribution in [0.2, 0.25) is 0 Å². The molecule has 0 atom stereocenters. The van der Waals surface area contributed by atoms with Crippen LogP contribution < -0.4 is 4.74 Å². The Morgan fingerprint density at radius 2 is 1.80 bits per heavy atom. The maximum Gasteiger partial charge on any atom is 0.410 e. The van der Waals surface area contributed by atoms with Gasteiger partial charge in [0.1, 0.15) is 11.4 Å². The minimum absolute atomic E-state index is 0.152. The van der Waals surface area contributed by atoms with Crippen molar-refractivity contribution in [2.75, 3.05) is 13.1 Å². The molecule has 0 radical (unpaired) electrons. The molecule has 1 aliphatic rings. The molecule has 2 aromatic carbocycles. The Morgan fingerprint density at radius 1 is 1.05 bits per heavy atom. The van der Waals surface area contributed by atoms with Crippen LogP contribution in [0, 0.1) is 3.57 Å². The van der Waals surface area contributed by atoms with Gasteiger partial charge < -0.3 is 18.9 Å². The summed E-state index contributed by atoms with van der Waals surface area (Å²) >= 11 is 2.31. The summed E-state index contributed by atoms with van der Waals surface area (Å²) < 4.78 is 15.0. The molecule has 0 unspecified atom stereocenters. The number of amides is 1. The van der Waals surface area contributed by atoms with Crippen LogP contribution in [0.15, 0.2) is 67.1 Å². The van der Waals surface area contributed by atoms with E-state index in [4.69, 9.17) is 19.4 Å². The average Bonchev–Trinajstić information content (AvgIpc) is 3.38. The molecule has 0 aliphatic carbocycles. The van der Waals surface area contributed by atoms with Gasteiger partial charge in [-0.15, -0.1) is 0 Å². The highest BCUT2D eigenvalue weighted by atomic mass is 127. The summed E-state index contributed by atoms with van der Waals surface area (Å²) in [5.41, 5.74) is 4.17. The summed E-state index contributed by atoms with van der Waals surface area (Å²) in [6, 6.07) is 18.6. The zero-order chi connectivity index (χ0) is 28.3. The van der Waals surface area contributed by atoms with E-state index in [1.807, 2.05) is 51.4 Å². The fourth-order valence-corrected chi connectivity index (χ4v) is 5.18. The molecule has 0 spiro atoms. The molecule has 4 aromatic rings. The summed E-state index contributed by atoms with van der Waals surface area (Å²) in [4.78, 5) is 28.5. The molecule has 3 heterocycles. The largest absolute Gasteiger partial charge is 0.444 e. The Balaban J connectivity index is 1.46. The van der Waals surface area contributed by atoms with Crippen LogP contribution in [-0.2, 0) is 11.2 Å². The van der Waals surface area contributed by atoms with Crippen molar-refractivity contribution < 1.29 is 14.3 Å². The van der Waals surface area contributed by atoms with Gasteiger partial charge in [0, 0.05) is 34.5 Å². The number of aromatic nitrogens is 4. The highest BCUT2D eigenvalue weighted by Gasteiger charge is 2.30. The van der Waals surface area contributed by atoms with Gasteiger partial charge in [-0.3, -0.25) is 0 Å². The Kier molecular flexibility index (Phi) is 8.39. The van der Waals surface area contributed by atoms with Gasteiger partial charge in [0.05, 0.1) is 23.4 Å². The van der Waals surface area contributed by atoms with Crippen LogP contribution in [0.3, 0.4) is 0 Å². The number of halogens is 1. The van der Waals surface area contributed by atoms with Gasteiger partial charge in [-0.25, -0.2) is 14.8 Å². The summed E-state index contributed by atoms with van der Waals surface area (Å²) in [5.74, 6) is 0.706. The third-order valence-corrected chi connectivity index (χ3v) is 7.53. The number of hydrogen-bond acceptors (Lipinski definition) is 6. The van der Waals surface area contributed by atoms with Gasteiger partial charge in [-0.1, -0.05) is 31.2 Å². The van der Waals surface area contributed by atoms with Crippen molar-refractivity contribution >= 4 is 28.7 Å². The first-order valence-corrected chi connectivity index (χ1v) is 14.7. The maximum atomic E-state index is 12.6. The molecule has 1 saturated heterocycles. The molecule has 9 heteroatoms. The lowest BCUT2D eigenvalue weighted by Crippen LogP contribution is -2.42. The SMILES string of the molecule is CCc1cccc(Oc2nccc(-c3c(-c4ccc(I)cc4)ncn3C3CCN(C(=O)OC(C)(C)C)CC3)n2)c1. The van der Waals surface area contributed by atoms with E-state index in [1.165, 1.54) is 5.56 Å². The lowest BCUT2D eigenvalue weighted by molar-refractivity contribution is 0.0189. The molecule has 1 aliphatic heterocycles. The van der Waals surface area contributed by atoms with Crippen LogP contribution in [0.4, 0.5) is 4.79 Å². The molecule has 0 bridgehead atoms. The van der Waals surface area contributed by atoms with Crippen molar-refractivity contribution in [3.8, 4) is 34.4 Å². The molecule has 8 nitrogen and oxygen atoms in total. The van der Waals surface area contributed by atoms with Crippen molar-refractivity contribution in [2.45, 2.75) is 58.6 Å². The molecular formula is C31H34IN5O3. The van der Waals surface area contributed by atoms with Crippen molar-refractivity contribution in [2.24, 2.45) is 0 Å². The third-order valence-electron chi connectivity index (χ3n) is 6.81. The van der Waals surface area contributed by atoms with Gasteiger partial charge in [0.2, 0.25) is 0 Å². The molecule has 208 valence electrons. The number of aryl methyl sites for hydroxylation is 1. The normalized spacial score (nSPS) is 14.3. The van der Waals surface area contributed by atoms with E-state index in [0.29, 0.717) is 18.8 Å². The average molecular weight is 652 g/mol. The number of hydrogen-bond donors (Lipinski definition) is 0. The topological polar surface area (TPSA) is 82.4 Å². The molecule has 1 fully saturated rings. The number of carbonyl (C=O) groups excluding carboxylic acids is 1. The van der Waals surface area contributed by atoms with Gasteiger partial charge in [-0.05, 0) is 98.5 Å². The first-order valence-electron chi connectivity index (χ1n) is 13.6. The minimum Gasteiger partial charge on any atom is -0.444 e. The van der Waals surface area contributed by atoms with Crippen molar-refractivity contribution in [3.63, 3.8) is 0 Å². The van der Waals surface area contributed by atoms with Crippen molar-refractivity contribution in [1.29, 1.82) is 0 Å². The van der Waals surface area contributed by atoms with E-state index in [-0.39, 0.29) is 18.1 Å². The zero-order valence-corrected chi connectivity index (χ0v) is 25.5. The van der Waals surface area contributed by atoms with Crippen molar-refractivity contribution in [1.82, 2.24) is 24.4 Å². The highest BCUT2D eigenvalue weighted by molar-refractivity contribution is 14.1. The number of likely N-dealkylation sites (tertiary alicyclic amines) is 1. The van der Waals surface area contributed by atoms with Crippen molar-refractivity contribution in [3.05, 3.63) is 76.3 Å². The molecule has 2 aromatic heterocycles.